The summed E-state index contributed by atoms with van der Waals surface area (Å²) in [6, 6.07) is 0.399. The minimum atomic E-state index is 0.266. The van der Waals surface area contributed by atoms with Crippen LogP contribution in [-0.2, 0) is 0 Å². The third kappa shape index (κ3) is 5.55. The number of anilines is 2. The summed E-state index contributed by atoms with van der Waals surface area (Å²) in [7, 11) is 1.61. The van der Waals surface area contributed by atoms with Crippen molar-refractivity contribution >= 4 is 23.5 Å². The normalized spacial score (nSPS) is 12.2. The third-order valence-electron chi connectivity index (χ3n) is 2.91. The Morgan fingerprint density at radius 2 is 2.26 bits per heavy atom. The van der Waals surface area contributed by atoms with Crippen LogP contribution in [0.4, 0.5) is 11.8 Å². The molecule has 0 aromatic carbocycles. The van der Waals surface area contributed by atoms with Crippen LogP contribution < -0.4 is 15.8 Å². The summed E-state index contributed by atoms with van der Waals surface area (Å²) in [4.78, 5) is 8.16. The van der Waals surface area contributed by atoms with Gasteiger partial charge in [-0.15, -0.1) is 0 Å². The first-order valence-corrected chi connectivity index (χ1v) is 8.02. The van der Waals surface area contributed by atoms with Crippen molar-refractivity contribution in [3.8, 4) is 5.75 Å². The zero-order chi connectivity index (χ0) is 14.1. The van der Waals surface area contributed by atoms with Gasteiger partial charge >= 0.3 is 0 Å². The van der Waals surface area contributed by atoms with E-state index >= 15 is 0 Å². The zero-order valence-corrected chi connectivity index (χ0v) is 12.8. The lowest BCUT2D eigenvalue weighted by Crippen LogP contribution is -2.22. The second kappa shape index (κ2) is 8.85. The Labute approximate surface area is 119 Å². The number of nitrogens with one attached hydrogen (secondary N) is 1. The first-order valence-electron chi connectivity index (χ1n) is 6.63. The van der Waals surface area contributed by atoms with E-state index in [-0.39, 0.29) is 5.95 Å². The molecule has 1 aromatic rings. The monoisotopic (exact) mass is 284 g/mol. The number of nitrogens with two attached hydrogens (primary N) is 1. The van der Waals surface area contributed by atoms with Gasteiger partial charge < -0.3 is 15.8 Å². The van der Waals surface area contributed by atoms with Crippen molar-refractivity contribution in [3.05, 3.63) is 6.20 Å². The summed E-state index contributed by atoms with van der Waals surface area (Å²) in [6.45, 7) is 2.20. The standard InChI is InChI=1S/C13H24N4OS/c1-4-5-6-10(7-8-19-3)16-12-11(18-2)9-15-13(14)17-12/h9-10H,4-8H2,1-3H3,(H3,14,15,16,17)/t10-/m0/s1. The van der Waals surface area contributed by atoms with E-state index in [2.05, 4.69) is 28.5 Å². The summed E-state index contributed by atoms with van der Waals surface area (Å²) in [5.41, 5.74) is 5.64. The average Bonchev–Trinajstić information content (AvgIpc) is 2.42. The molecule has 108 valence electrons. The molecule has 0 unspecified atom stereocenters. The lowest BCUT2D eigenvalue weighted by molar-refractivity contribution is 0.412. The van der Waals surface area contributed by atoms with Crippen molar-refractivity contribution in [1.29, 1.82) is 0 Å². The maximum absolute atomic E-state index is 5.64. The minimum Gasteiger partial charge on any atom is -0.491 e. The van der Waals surface area contributed by atoms with Crippen molar-refractivity contribution in [2.45, 2.75) is 38.6 Å². The largest absolute Gasteiger partial charge is 0.491 e. The van der Waals surface area contributed by atoms with Gasteiger partial charge in [0.15, 0.2) is 11.6 Å². The van der Waals surface area contributed by atoms with Crippen LogP contribution in [0, 0.1) is 0 Å². The highest BCUT2D eigenvalue weighted by atomic mass is 32.2. The first kappa shape index (κ1) is 15.9. The number of nitrogens with zero attached hydrogens (tertiary/aromatic N) is 2. The van der Waals surface area contributed by atoms with Crippen LogP contribution in [0.15, 0.2) is 6.20 Å². The maximum atomic E-state index is 5.64. The van der Waals surface area contributed by atoms with E-state index < -0.39 is 0 Å². The molecule has 0 bridgehead atoms. The molecule has 0 saturated carbocycles. The van der Waals surface area contributed by atoms with Crippen molar-refractivity contribution in [3.63, 3.8) is 0 Å². The molecule has 0 radical (unpaired) electrons. The van der Waals surface area contributed by atoms with Gasteiger partial charge in [-0.1, -0.05) is 19.8 Å². The van der Waals surface area contributed by atoms with Gasteiger partial charge in [0.25, 0.3) is 0 Å². The number of hydrogen-bond acceptors (Lipinski definition) is 6. The second-order valence-corrected chi connectivity index (χ2v) is 5.40. The fraction of sp³-hybridized carbons (Fsp3) is 0.692. The Morgan fingerprint density at radius 1 is 1.47 bits per heavy atom. The van der Waals surface area contributed by atoms with Crippen LogP contribution >= 0.6 is 11.8 Å². The maximum Gasteiger partial charge on any atom is 0.222 e. The van der Waals surface area contributed by atoms with E-state index in [1.54, 1.807) is 13.3 Å². The van der Waals surface area contributed by atoms with Crippen molar-refractivity contribution < 1.29 is 4.74 Å². The van der Waals surface area contributed by atoms with Crippen LogP contribution in [0.1, 0.15) is 32.6 Å². The Hall–Kier alpha value is -1.17. The molecule has 1 rings (SSSR count). The molecule has 0 aliphatic rings. The number of aromatic nitrogens is 2. The Kier molecular flexibility index (Phi) is 7.40. The first-order chi connectivity index (χ1) is 9.21. The molecule has 0 aliphatic carbocycles. The van der Waals surface area contributed by atoms with Crippen molar-refractivity contribution in [2.75, 3.05) is 30.2 Å². The number of rotatable bonds is 9. The van der Waals surface area contributed by atoms with Crippen LogP contribution in [0.5, 0.6) is 5.75 Å². The van der Waals surface area contributed by atoms with Gasteiger partial charge in [0, 0.05) is 6.04 Å². The molecule has 1 heterocycles. The topological polar surface area (TPSA) is 73.1 Å². The molecular weight excluding hydrogens is 260 g/mol. The molecule has 1 atom stereocenters. The second-order valence-electron chi connectivity index (χ2n) is 4.41. The molecule has 0 fully saturated rings. The van der Waals surface area contributed by atoms with E-state index in [1.807, 2.05) is 11.8 Å². The fourth-order valence-corrected chi connectivity index (χ4v) is 2.35. The molecule has 0 aliphatic heterocycles. The van der Waals surface area contributed by atoms with Gasteiger partial charge in [-0.05, 0) is 24.9 Å². The minimum absolute atomic E-state index is 0.266. The van der Waals surface area contributed by atoms with E-state index in [0.717, 1.165) is 18.6 Å². The van der Waals surface area contributed by atoms with Crippen LogP contribution in [0.3, 0.4) is 0 Å². The van der Waals surface area contributed by atoms with Gasteiger partial charge in [-0.3, -0.25) is 0 Å². The number of thioether (sulfide) groups is 1. The van der Waals surface area contributed by atoms with E-state index in [4.69, 9.17) is 10.5 Å². The lowest BCUT2D eigenvalue weighted by atomic mass is 10.1. The van der Waals surface area contributed by atoms with Crippen molar-refractivity contribution in [2.24, 2.45) is 0 Å². The number of hydrogen-bond donors (Lipinski definition) is 2. The van der Waals surface area contributed by atoms with Gasteiger partial charge in [-0.25, -0.2) is 4.98 Å². The molecule has 0 saturated heterocycles. The Bertz CT molecular complexity index is 368. The zero-order valence-electron chi connectivity index (χ0n) is 12.0. The number of methoxy groups -OCH3 is 1. The average molecular weight is 284 g/mol. The van der Waals surface area contributed by atoms with Crippen LogP contribution in [0.25, 0.3) is 0 Å². The van der Waals surface area contributed by atoms with Gasteiger partial charge in [0.2, 0.25) is 5.95 Å². The van der Waals surface area contributed by atoms with Crippen LogP contribution in [0.2, 0.25) is 0 Å². The highest BCUT2D eigenvalue weighted by Crippen LogP contribution is 2.23. The van der Waals surface area contributed by atoms with Crippen LogP contribution in [-0.4, -0.2) is 35.1 Å². The Balaban J connectivity index is 2.72. The van der Waals surface area contributed by atoms with Gasteiger partial charge in [0.1, 0.15) is 0 Å². The molecule has 5 nitrogen and oxygen atoms in total. The predicted molar refractivity (Wildman–Crippen MR) is 82.9 cm³/mol. The smallest absolute Gasteiger partial charge is 0.222 e. The molecule has 6 heteroatoms. The molecule has 0 amide bonds. The molecule has 19 heavy (non-hydrogen) atoms. The lowest BCUT2D eigenvalue weighted by Gasteiger charge is -2.20. The highest BCUT2D eigenvalue weighted by molar-refractivity contribution is 7.98. The third-order valence-corrected chi connectivity index (χ3v) is 3.56. The number of unbranched alkanes of at least 4 members (excludes halogenated alkanes) is 1. The summed E-state index contributed by atoms with van der Waals surface area (Å²) < 4.78 is 5.26. The van der Waals surface area contributed by atoms with Gasteiger partial charge in [0.05, 0.1) is 13.3 Å². The predicted octanol–water partition coefficient (Wildman–Crippen LogP) is 2.79. The quantitative estimate of drug-likeness (QED) is 0.726. The molecule has 1 aromatic heterocycles. The molecule has 0 spiro atoms. The SMILES string of the molecule is CCCC[C@@H](CCSC)Nc1nc(N)ncc1OC. The summed E-state index contributed by atoms with van der Waals surface area (Å²) in [5, 5.41) is 3.44. The van der Waals surface area contributed by atoms with Gasteiger partial charge in [-0.2, -0.15) is 16.7 Å². The van der Waals surface area contributed by atoms with E-state index in [9.17, 15) is 0 Å². The fourth-order valence-electron chi connectivity index (χ4n) is 1.83. The molecular formula is C13H24N4OS. The van der Waals surface area contributed by atoms with E-state index in [0.29, 0.717) is 17.6 Å². The highest BCUT2D eigenvalue weighted by Gasteiger charge is 2.13. The number of nitrogen functional groups attached to an aromatic ring is 1. The van der Waals surface area contributed by atoms with Crippen molar-refractivity contribution in [1.82, 2.24) is 9.97 Å². The summed E-state index contributed by atoms with van der Waals surface area (Å²) in [5.74, 6) is 2.73. The molecule has 3 N–H and O–H groups in total. The Morgan fingerprint density at radius 3 is 2.89 bits per heavy atom. The van der Waals surface area contributed by atoms with E-state index in [1.165, 1.54) is 12.8 Å². The number of ether oxygens (including phenoxy) is 1. The summed E-state index contributed by atoms with van der Waals surface area (Å²) >= 11 is 1.86. The summed E-state index contributed by atoms with van der Waals surface area (Å²) in [6.07, 6.45) is 8.37.